The highest BCUT2D eigenvalue weighted by Crippen LogP contribution is 2.39. The first-order valence-corrected chi connectivity index (χ1v) is 21.6. The molecule has 3 aliphatic heterocycles. The van der Waals surface area contributed by atoms with Gasteiger partial charge >= 0.3 is 6.09 Å². The predicted octanol–water partition coefficient (Wildman–Crippen LogP) is 8.31. The summed E-state index contributed by atoms with van der Waals surface area (Å²) in [6.45, 7) is 24.7. The van der Waals surface area contributed by atoms with Gasteiger partial charge in [0, 0.05) is 36.8 Å². The first-order chi connectivity index (χ1) is 27.1. The Hall–Kier alpha value is -3.80. The van der Waals surface area contributed by atoms with Crippen molar-refractivity contribution in [1.29, 1.82) is 0 Å². The Morgan fingerprint density at radius 1 is 1.00 bits per heavy atom. The molecule has 1 spiro atoms. The van der Waals surface area contributed by atoms with Gasteiger partial charge in [-0.05, 0) is 43.4 Å². The minimum atomic E-state index is -0.976. The van der Waals surface area contributed by atoms with Gasteiger partial charge in [-0.25, -0.2) is 4.79 Å². The number of nitrogens with zero attached hydrogens (tertiary/aromatic N) is 2. The minimum absolute atomic E-state index is 0.0743. The largest absolute Gasteiger partial charge is 0.444 e. The molecule has 2 N–H and O–H groups in total. The SMILES string of the molecule is CC.CC.CC(=O)C1CC2(CC(C(=O)c3ccccc3)=NO2)CN1C(=O)C(NC(=O)O[C@H]1CCOC1)C(C)(C)C.CCC[C@H](C)C(C[C@@H](C)CC)C(=O)NC1CC1. The number of ether oxygens (including phenoxy) is 2. The molecule has 2 saturated heterocycles. The number of carbonyl (C=O) groups is 5. The number of oxime groups is 1. The summed E-state index contributed by atoms with van der Waals surface area (Å²) < 4.78 is 10.6. The zero-order valence-corrected chi connectivity index (χ0v) is 37.1. The summed E-state index contributed by atoms with van der Waals surface area (Å²) >= 11 is 0. The van der Waals surface area contributed by atoms with Crippen LogP contribution in [0, 0.1) is 23.2 Å². The molecule has 0 bridgehead atoms. The van der Waals surface area contributed by atoms with Gasteiger partial charge in [0.05, 0.1) is 25.8 Å². The van der Waals surface area contributed by atoms with Gasteiger partial charge in [-0.15, -0.1) is 0 Å². The number of ketones is 2. The standard InChI is InChI=1S/C26H33N3O7.C15H29NO.2C2H6/c1-16(30)20-13-26(12-19(28-36-26)21(31)17-8-6-5-7-9-17)15-29(20)23(32)22(25(2,3)4)27-24(33)35-18-10-11-34-14-18;1-5-7-12(4)14(10-11(3)6-2)15(17)16-13-8-9-13;2*1-2/h5-9,18,20,22H,10-15H2,1-4H3,(H,27,33);11-14H,5-10H2,1-4H3,(H,16,17);2*1-2H3/t18-,20?,22?,26?;11-,12-,14?;;/m00../s1. The molecular weight excluding hydrogens is 725 g/mol. The van der Waals surface area contributed by atoms with E-state index in [2.05, 4.69) is 43.5 Å². The number of nitrogens with one attached hydrogen (secondary N) is 2. The summed E-state index contributed by atoms with van der Waals surface area (Å²) in [6.07, 6.45) is 6.87. The van der Waals surface area contributed by atoms with Crippen molar-refractivity contribution in [2.24, 2.45) is 28.3 Å². The molecule has 0 aromatic heterocycles. The summed E-state index contributed by atoms with van der Waals surface area (Å²) in [5, 5.41) is 9.94. The van der Waals surface area contributed by atoms with E-state index in [0.717, 1.165) is 6.42 Å². The number of rotatable bonds is 14. The highest BCUT2D eigenvalue weighted by Gasteiger charge is 2.55. The van der Waals surface area contributed by atoms with Crippen LogP contribution in [0.15, 0.2) is 35.5 Å². The monoisotopic (exact) mass is 799 g/mol. The Morgan fingerprint density at radius 3 is 2.18 bits per heavy atom. The normalized spacial score (nSPS) is 23.0. The van der Waals surface area contributed by atoms with Crippen LogP contribution in [0.4, 0.5) is 4.79 Å². The topological polar surface area (TPSA) is 153 Å². The first-order valence-electron chi connectivity index (χ1n) is 21.6. The molecule has 0 radical (unpaired) electrons. The Kier molecular flexibility index (Phi) is 20.4. The molecule has 4 aliphatic rings. The van der Waals surface area contributed by atoms with Gasteiger partial charge in [0.15, 0.2) is 11.4 Å². The number of hydrogen-bond acceptors (Lipinski definition) is 9. The zero-order chi connectivity index (χ0) is 42.9. The molecule has 12 nitrogen and oxygen atoms in total. The van der Waals surface area contributed by atoms with Crippen molar-refractivity contribution in [3.8, 4) is 0 Å². The van der Waals surface area contributed by atoms with Crippen LogP contribution in [-0.4, -0.2) is 89.7 Å². The van der Waals surface area contributed by atoms with Gasteiger partial charge < -0.3 is 29.8 Å². The highest BCUT2D eigenvalue weighted by atomic mass is 16.7. The van der Waals surface area contributed by atoms with Gasteiger partial charge in [-0.2, -0.15) is 0 Å². The molecule has 1 aromatic rings. The van der Waals surface area contributed by atoms with Crippen molar-refractivity contribution in [3.05, 3.63) is 35.9 Å². The molecule has 12 heteroatoms. The lowest BCUT2D eigenvalue weighted by molar-refractivity contribution is -0.141. The molecule has 1 saturated carbocycles. The first kappa shape index (κ1) is 49.3. The predicted molar refractivity (Wildman–Crippen MR) is 225 cm³/mol. The van der Waals surface area contributed by atoms with E-state index in [0.29, 0.717) is 49.0 Å². The van der Waals surface area contributed by atoms with Crippen molar-refractivity contribution in [1.82, 2.24) is 15.5 Å². The second-order valence-corrected chi connectivity index (χ2v) is 16.7. The van der Waals surface area contributed by atoms with Crippen LogP contribution in [-0.2, 0) is 28.7 Å². The lowest BCUT2D eigenvalue weighted by Gasteiger charge is -2.35. The molecule has 57 heavy (non-hydrogen) atoms. The van der Waals surface area contributed by atoms with Gasteiger partial charge in [-0.3, -0.25) is 19.2 Å². The average molecular weight is 799 g/mol. The number of likely N-dealkylation sites (tertiary alicyclic amines) is 1. The maximum atomic E-state index is 13.8. The quantitative estimate of drug-likeness (QED) is 0.178. The van der Waals surface area contributed by atoms with Crippen LogP contribution in [0.1, 0.15) is 151 Å². The molecule has 4 unspecified atom stereocenters. The smallest absolute Gasteiger partial charge is 0.408 e. The molecule has 1 aromatic carbocycles. The fourth-order valence-electron chi connectivity index (χ4n) is 7.25. The van der Waals surface area contributed by atoms with E-state index < -0.39 is 35.1 Å². The van der Waals surface area contributed by atoms with Crippen LogP contribution in [0.2, 0.25) is 0 Å². The van der Waals surface area contributed by atoms with Crippen LogP contribution in [0.5, 0.6) is 0 Å². The van der Waals surface area contributed by atoms with Crippen LogP contribution >= 0.6 is 0 Å². The Morgan fingerprint density at radius 2 is 1.65 bits per heavy atom. The lowest BCUT2D eigenvalue weighted by atomic mass is 9.82. The maximum absolute atomic E-state index is 13.8. The van der Waals surface area contributed by atoms with E-state index in [-0.39, 0.29) is 48.7 Å². The van der Waals surface area contributed by atoms with E-state index in [1.165, 1.54) is 43.9 Å². The Balaban J connectivity index is 0.000000448. The highest BCUT2D eigenvalue weighted by molar-refractivity contribution is 6.46. The Bertz CT molecular complexity index is 1470. The summed E-state index contributed by atoms with van der Waals surface area (Å²) in [4.78, 5) is 71.3. The molecule has 1 aliphatic carbocycles. The van der Waals surface area contributed by atoms with E-state index >= 15 is 0 Å². The minimum Gasteiger partial charge on any atom is -0.444 e. The number of Topliss-reactive ketones (excluding diaryl/α,β-unsaturated/α-hetero) is 2. The fraction of sp³-hybridized carbons (Fsp3) is 0.733. The van der Waals surface area contributed by atoms with Gasteiger partial charge in [0.2, 0.25) is 17.6 Å². The van der Waals surface area contributed by atoms with Crippen LogP contribution < -0.4 is 10.6 Å². The molecule has 3 fully saturated rings. The van der Waals surface area contributed by atoms with Crippen molar-refractivity contribution in [3.63, 3.8) is 0 Å². The average Bonchev–Trinajstić information content (AvgIpc) is 3.52. The van der Waals surface area contributed by atoms with Crippen LogP contribution in [0.25, 0.3) is 0 Å². The number of carbonyl (C=O) groups excluding carboxylic acids is 5. The van der Waals surface area contributed by atoms with Crippen LogP contribution in [0.3, 0.4) is 0 Å². The van der Waals surface area contributed by atoms with Gasteiger partial charge in [-0.1, -0.05) is 131 Å². The lowest BCUT2D eigenvalue weighted by Crippen LogP contribution is -2.57. The fourth-order valence-corrected chi connectivity index (χ4v) is 7.25. The molecule has 3 amide bonds. The van der Waals surface area contributed by atoms with Gasteiger partial charge in [0.1, 0.15) is 17.9 Å². The Labute approximate surface area is 343 Å². The molecule has 3 heterocycles. The summed E-state index contributed by atoms with van der Waals surface area (Å²) in [6, 6.07) is 7.55. The van der Waals surface area contributed by atoms with E-state index in [9.17, 15) is 24.0 Å². The van der Waals surface area contributed by atoms with E-state index in [4.69, 9.17) is 14.3 Å². The molecule has 7 atom stereocenters. The molecule has 322 valence electrons. The summed E-state index contributed by atoms with van der Waals surface area (Å²) in [5.74, 6) is 0.858. The van der Waals surface area contributed by atoms with E-state index in [1.807, 2.05) is 54.5 Å². The number of amides is 3. The summed E-state index contributed by atoms with van der Waals surface area (Å²) in [5.41, 5.74) is -0.892. The maximum Gasteiger partial charge on any atom is 0.408 e. The van der Waals surface area contributed by atoms with Crippen molar-refractivity contribution in [2.75, 3.05) is 19.8 Å². The second-order valence-electron chi connectivity index (χ2n) is 16.7. The van der Waals surface area contributed by atoms with Crippen molar-refractivity contribution < 1.29 is 38.3 Å². The molecule has 5 rings (SSSR count). The molecular formula is C45H74N4O8. The number of alkyl carbamates (subject to hydrolysis) is 1. The number of benzene rings is 1. The third kappa shape index (κ3) is 14.8. The van der Waals surface area contributed by atoms with Crippen molar-refractivity contribution >= 4 is 35.2 Å². The second kappa shape index (κ2) is 23.6. The number of hydrogen-bond donors (Lipinski definition) is 2. The third-order valence-corrected chi connectivity index (χ3v) is 10.9. The van der Waals surface area contributed by atoms with Gasteiger partial charge in [0.25, 0.3) is 0 Å². The van der Waals surface area contributed by atoms with E-state index in [1.54, 1.807) is 24.3 Å². The summed E-state index contributed by atoms with van der Waals surface area (Å²) in [7, 11) is 0. The zero-order valence-electron chi connectivity index (χ0n) is 37.1. The van der Waals surface area contributed by atoms with Crippen molar-refractivity contribution in [2.45, 2.75) is 171 Å². The third-order valence-electron chi connectivity index (χ3n) is 10.9.